The van der Waals surface area contributed by atoms with Gasteiger partial charge in [-0.2, -0.15) is 5.10 Å². The molecule has 1 heterocycles. The number of para-hydroxylation sites is 1. The van der Waals surface area contributed by atoms with Gasteiger partial charge in [-0.3, -0.25) is 5.41 Å². The van der Waals surface area contributed by atoms with E-state index in [1.54, 1.807) is 23.2 Å². The summed E-state index contributed by atoms with van der Waals surface area (Å²) in [5.41, 5.74) is 1.40. The van der Waals surface area contributed by atoms with Crippen LogP contribution in [0.3, 0.4) is 0 Å². The van der Waals surface area contributed by atoms with Crippen LogP contribution in [0.2, 0.25) is 5.02 Å². The van der Waals surface area contributed by atoms with Gasteiger partial charge in [-0.15, -0.1) is 0 Å². The van der Waals surface area contributed by atoms with Crippen LogP contribution in [0, 0.1) is 11.3 Å². The number of halogens is 1. The summed E-state index contributed by atoms with van der Waals surface area (Å²) in [6.45, 7) is 5.53. The molecule has 0 aromatic heterocycles. The van der Waals surface area contributed by atoms with Crippen molar-refractivity contribution in [3.63, 3.8) is 0 Å². The van der Waals surface area contributed by atoms with Gasteiger partial charge >= 0.3 is 0 Å². The number of hydrazone groups is 1. The summed E-state index contributed by atoms with van der Waals surface area (Å²) in [4.78, 5) is 0. The Hall–Kier alpha value is -1.75. The molecule has 1 aromatic rings. The van der Waals surface area contributed by atoms with Crippen LogP contribution in [-0.2, 0) is 0 Å². The van der Waals surface area contributed by atoms with Crippen molar-refractivity contribution in [3.8, 4) is 5.75 Å². The standard InChI is InChI=1S/C15H21ClN4O/c1-3-4-8-18-15(17)20-9-10(2)13(19-20)11-6-5-7-12(16)14(11)21/h5-7,10,21H,3-4,8-9H2,1-2H3,(H2,17,18). The summed E-state index contributed by atoms with van der Waals surface area (Å²) in [5, 5.41) is 27.6. The summed E-state index contributed by atoms with van der Waals surface area (Å²) in [7, 11) is 0. The third-order valence-corrected chi connectivity index (χ3v) is 3.79. The molecule has 0 spiro atoms. The number of benzene rings is 1. The van der Waals surface area contributed by atoms with E-state index in [-0.39, 0.29) is 11.7 Å². The summed E-state index contributed by atoms with van der Waals surface area (Å²) in [5.74, 6) is 0.478. The lowest BCUT2D eigenvalue weighted by Crippen LogP contribution is -2.37. The van der Waals surface area contributed by atoms with Crippen LogP contribution in [-0.4, -0.2) is 34.9 Å². The van der Waals surface area contributed by atoms with Gasteiger partial charge in [0.05, 0.1) is 17.3 Å². The Bertz CT molecular complexity index is 559. The lowest BCUT2D eigenvalue weighted by molar-refractivity contribution is 0.434. The maximum absolute atomic E-state index is 10.1. The molecule has 1 atom stereocenters. The van der Waals surface area contributed by atoms with Crippen molar-refractivity contribution in [3.05, 3.63) is 28.8 Å². The molecule has 1 aromatic carbocycles. The second-order valence-corrected chi connectivity index (χ2v) is 5.64. The molecule has 0 aliphatic carbocycles. The molecule has 6 heteroatoms. The molecule has 0 bridgehead atoms. The summed E-state index contributed by atoms with van der Waals surface area (Å²) >= 11 is 5.95. The minimum Gasteiger partial charge on any atom is -0.506 e. The fourth-order valence-electron chi connectivity index (χ4n) is 2.27. The zero-order valence-corrected chi connectivity index (χ0v) is 13.1. The topological polar surface area (TPSA) is 71.7 Å². The highest BCUT2D eigenvalue weighted by molar-refractivity contribution is 6.32. The van der Waals surface area contributed by atoms with Crippen molar-refractivity contribution in [2.75, 3.05) is 13.1 Å². The monoisotopic (exact) mass is 308 g/mol. The Morgan fingerprint density at radius 2 is 2.33 bits per heavy atom. The van der Waals surface area contributed by atoms with Gasteiger partial charge in [-0.25, -0.2) is 5.01 Å². The minimum absolute atomic E-state index is 0.0529. The van der Waals surface area contributed by atoms with Crippen LogP contribution in [0.5, 0.6) is 5.75 Å². The molecule has 21 heavy (non-hydrogen) atoms. The largest absolute Gasteiger partial charge is 0.506 e. The van der Waals surface area contributed by atoms with Crippen molar-refractivity contribution in [1.82, 2.24) is 10.3 Å². The molecule has 114 valence electrons. The fourth-order valence-corrected chi connectivity index (χ4v) is 2.45. The lowest BCUT2D eigenvalue weighted by Gasteiger charge is -2.16. The van der Waals surface area contributed by atoms with Crippen molar-refractivity contribution < 1.29 is 5.11 Å². The first-order chi connectivity index (χ1) is 10.0. The van der Waals surface area contributed by atoms with E-state index in [1.165, 1.54) is 0 Å². The normalized spacial score (nSPS) is 17.8. The number of nitrogens with one attached hydrogen (secondary N) is 2. The molecule has 0 saturated carbocycles. The Morgan fingerprint density at radius 3 is 3.05 bits per heavy atom. The van der Waals surface area contributed by atoms with E-state index in [0.29, 0.717) is 23.1 Å². The van der Waals surface area contributed by atoms with Gasteiger partial charge in [0.2, 0.25) is 5.96 Å². The van der Waals surface area contributed by atoms with Gasteiger partial charge in [0.1, 0.15) is 5.75 Å². The van der Waals surface area contributed by atoms with Crippen molar-refractivity contribution in [2.24, 2.45) is 11.0 Å². The van der Waals surface area contributed by atoms with Crippen LogP contribution >= 0.6 is 11.6 Å². The number of hydrogen-bond donors (Lipinski definition) is 3. The maximum Gasteiger partial charge on any atom is 0.211 e. The van der Waals surface area contributed by atoms with Crippen LogP contribution < -0.4 is 5.32 Å². The summed E-state index contributed by atoms with van der Waals surface area (Å²) in [6.07, 6.45) is 2.11. The molecule has 0 saturated heterocycles. The molecule has 0 amide bonds. The van der Waals surface area contributed by atoms with Crippen LogP contribution in [0.4, 0.5) is 0 Å². The third kappa shape index (κ3) is 3.47. The zero-order valence-electron chi connectivity index (χ0n) is 12.4. The number of aromatic hydroxyl groups is 1. The number of unbranched alkanes of at least 4 members (excludes halogenated alkanes) is 1. The molecule has 1 aliphatic rings. The Morgan fingerprint density at radius 1 is 1.57 bits per heavy atom. The second-order valence-electron chi connectivity index (χ2n) is 5.23. The number of nitrogens with zero attached hydrogens (tertiary/aromatic N) is 2. The number of phenolic OH excluding ortho intramolecular Hbond substituents is 1. The fraction of sp³-hybridized carbons (Fsp3) is 0.467. The van der Waals surface area contributed by atoms with Gasteiger partial charge in [-0.1, -0.05) is 37.9 Å². The van der Waals surface area contributed by atoms with E-state index < -0.39 is 0 Å². The molecule has 1 aliphatic heterocycles. The zero-order chi connectivity index (χ0) is 15.4. The van der Waals surface area contributed by atoms with Crippen molar-refractivity contribution in [1.29, 1.82) is 5.41 Å². The Kier molecular flexibility index (Phi) is 5.07. The summed E-state index contributed by atoms with van der Waals surface area (Å²) in [6, 6.07) is 5.24. The first kappa shape index (κ1) is 15.6. The van der Waals surface area contributed by atoms with Crippen molar-refractivity contribution in [2.45, 2.75) is 26.7 Å². The summed E-state index contributed by atoms with van der Waals surface area (Å²) < 4.78 is 0. The minimum atomic E-state index is 0.0529. The SMILES string of the molecule is CCCCNC(=N)N1CC(C)C(c2cccc(Cl)c2O)=N1. The van der Waals surface area contributed by atoms with E-state index in [9.17, 15) is 5.11 Å². The maximum atomic E-state index is 10.1. The van der Waals surface area contributed by atoms with E-state index in [2.05, 4.69) is 17.3 Å². The highest BCUT2D eigenvalue weighted by atomic mass is 35.5. The van der Waals surface area contributed by atoms with E-state index >= 15 is 0 Å². The van der Waals surface area contributed by atoms with Gasteiger partial charge in [0.25, 0.3) is 0 Å². The number of rotatable bonds is 4. The number of guanidine groups is 1. The molecule has 2 rings (SSSR count). The van der Waals surface area contributed by atoms with Gasteiger partial charge < -0.3 is 10.4 Å². The van der Waals surface area contributed by atoms with Gasteiger partial charge in [-0.05, 0) is 18.6 Å². The average molecular weight is 309 g/mol. The smallest absolute Gasteiger partial charge is 0.211 e. The van der Waals surface area contributed by atoms with Crippen molar-refractivity contribution >= 4 is 23.3 Å². The van der Waals surface area contributed by atoms with Crippen LogP contribution in [0.1, 0.15) is 32.3 Å². The van der Waals surface area contributed by atoms with E-state index in [1.807, 2.05) is 6.92 Å². The lowest BCUT2D eigenvalue weighted by atomic mass is 9.99. The molecule has 0 radical (unpaired) electrons. The van der Waals surface area contributed by atoms with Gasteiger partial charge in [0, 0.05) is 18.0 Å². The van der Waals surface area contributed by atoms with Gasteiger partial charge in [0.15, 0.2) is 0 Å². The molecule has 3 N–H and O–H groups in total. The first-order valence-electron chi connectivity index (χ1n) is 7.20. The van der Waals surface area contributed by atoms with Crippen LogP contribution in [0.25, 0.3) is 0 Å². The quantitative estimate of drug-likeness (QED) is 0.455. The second kappa shape index (κ2) is 6.80. The highest BCUT2D eigenvalue weighted by Gasteiger charge is 2.28. The number of phenols is 1. The predicted molar refractivity (Wildman–Crippen MR) is 86.2 cm³/mol. The molecule has 0 fully saturated rings. The van der Waals surface area contributed by atoms with E-state index in [0.717, 1.165) is 25.1 Å². The van der Waals surface area contributed by atoms with Crippen LogP contribution in [0.15, 0.2) is 23.3 Å². The molecular formula is C15H21ClN4O. The molecule has 5 nitrogen and oxygen atoms in total. The number of hydrogen-bond acceptors (Lipinski definition) is 3. The van der Waals surface area contributed by atoms with E-state index in [4.69, 9.17) is 17.0 Å². The first-order valence-corrected chi connectivity index (χ1v) is 7.58. The predicted octanol–water partition coefficient (Wildman–Crippen LogP) is 3.03. The highest BCUT2D eigenvalue weighted by Crippen LogP contribution is 2.31. The molecular weight excluding hydrogens is 288 g/mol. The Labute approximate surface area is 130 Å². The third-order valence-electron chi connectivity index (χ3n) is 3.49. The Balaban J connectivity index is 2.15. The molecule has 1 unspecified atom stereocenters. The average Bonchev–Trinajstić information content (AvgIpc) is 2.84.